The summed E-state index contributed by atoms with van der Waals surface area (Å²) in [5.41, 5.74) is 0. The molecule has 0 bridgehead atoms. The molecule has 0 unspecified atom stereocenters. The lowest BCUT2D eigenvalue weighted by Crippen LogP contribution is -2.38. The molecule has 1 rings (SSSR count). The molecule has 0 aliphatic carbocycles. The third-order valence-electron chi connectivity index (χ3n) is 2.96. The summed E-state index contributed by atoms with van der Waals surface area (Å²) in [7, 11) is -6.67. The quantitative estimate of drug-likeness (QED) is 0.719. The van der Waals surface area contributed by atoms with Crippen molar-refractivity contribution in [3.8, 4) is 0 Å². The lowest BCUT2D eigenvalue weighted by molar-refractivity contribution is 0.314. The molecule has 21 heavy (non-hydrogen) atoms. The Kier molecular flexibility index (Phi) is 6.01. The standard InChI is InChI=1S/C13H23NO5S2/c1-11(2)14(10-13-7-6-12(3)19-13)21(17,18)9-5-8-20(4,15)16/h6-7,11H,5,8-10H2,1-4H3. The van der Waals surface area contributed by atoms with Gasteiger partial charge in [-0.15, -0.1) is 0 Å². The van der Waals surface area contributed by atoms with Crippen LogP contribution in [0.15, 0.2) is 16.5 Å². The molecule has 1 aromatic heterocycles. The van der Waals surface area contributed by atoms with Crippen molar-refractivity contribution in [2.75, 3.05) is 17.8 Å². The summed E-state index contributed by atoms with van der Waals surface area (Å²) < 4.78 is 53.7. The second-order valence-electron chi connectivity index (χ2n) is 5.45. The van der Waals surface area contributed by atoms with Crippen molar-refractivity contribution in [3.63, 3.8) is 0 Å². The Balaban J connectivity index is 2.78. The SMILES string of the molecule is Cc1ccc(CN(C(C)C)S(=O)(=O)CCCS(C)(=O)=O)o1. The van der Waals surface area contributed by atoms with Crippen molar-refractivity contribution in [1.29, 1.82) is 0 Å². The Morgan fingerprint density at radius 2 is 1.76 bits per heavy atom. The van der Waals surface area contributed by atoms with Crippen molar-refractivity contribution in [1.82, 2.24) is 4.31 Å². The topological polar surface area (TPSA) is 84.7 Å². The van der Waals surface area contributed by atoms with E-state index in [-0.39, 0.29) is 30.5 Å². The number of hydrogen-bond acceptors (Lipinski definition) is 5. The Labute approximate surface area is 127 Å². The Hall–Kier alpha value is -0.860. The highest BCUT2D eigenvalue weighted by molar-refractivity contribution is 7.91. The largest absolute Gasteiger partial charge is 0.465 e. The molecular weight excluding hydrogens is 314 g/mol. The van der Waals surface area contributed by atoms with E-state index in [4.69, 9.17) is 4.42 Å². The smallest absolute Gasteiger partial charge is 0.214 e. The summed E-state index contributed by atoms with van der Waals surface area (Å²) in [5, 5.41) is 0. The van der Waals surface area contributed by atoms with Crippen LogP contribution in [0, 0.1) is 6.92 Å². The van der Waals surface area contributed by atoms with Gasteiger partial charge in [0.25, 0.3) is 0 Å². The number of aryl methyl sites for hydroxylation is 1. The molecule has 8 heteroatoms. The molecule has 0 saturated carbocycles. The first-order valence-corrected chi connectivity index (χ1v) is 10.4. The Bertz CT molecular complexity index is 658. The Morgan fingerprint density at radius 1 is 1.14 bits per heavy atom. The minimum absolute atomic E-state index is 0.0988. The fourth-order valence-electron chi connectivity index (χ4n) is 1.95. The molecule has 0 atom stereocenters. The van der Waals surface area contributed by atoms with Gasteiger partial charge in [0.05, 0.1) is 18.1 Å². The van der Waals surface area contributed by atoms with Crippen LogP contribution in [0.5, 0.6) is 0 Å². The number of sulfone groups is 1. The van der Waals surface area contributed by atoms with Crippen molar-refractivity contribution < 1.29 is 21.3 Å². The lowest BCUT2D eigenvalue weighted by atomic mass is 10.3. The molecule has 0 saturated heterocycles. The molecule has 1 aromatic rings. The van der Waals surface area contributed by atoms with E-state index in [1.54, 1.807) is 32.9 Å². The van der Waals surface area contributed by atoms with Crippen LogP contribution in [0.25, 0.3) is 0 Å². The van der Waals surface area contributed by atoms with Crippen LogP contribution in [0.2, 0.25) is 0 Å². The van der Waals surface area contributed by atoms with Gasteiger partial charge in [-0.1, -0.05) is 0 Å². The second-order valence-corrected chi connectivity index (χ2v) is 9.75. The lowest BCUT2D eigenvalue weighted by Gasteiger charge is -2.25. The molecule has 0 spiro atoms. The summed E-state index contributed by atoms with van der Waals surface area (Å²) in [6, 6.07) is 3.31. The number of hydrogen-bond donors (Lipinski definition) is 0. The molecule has 1 heterocycles. The van der Waals surface area contributed by atoms with Gasteiger partial charge < -0.3 is 4.42 Å². The zero-order valence-corrected chi connectivity index (χ0v) is 14.5. The van der Waals surface area contributed by atoms with E-state index in [0.29, 0.717) is 5.76 Å². The highest BCUT2D eigenvalue weighted by atomic mass is 32.2. The molecule has 0 aliphatic rings. The van der Waals surface area contributed by atoms with Gasteiger partial charge in [0.15, 0.2) is 0 Å². The normalized spacial score (nSPS) is 13.2. The van der Waals surface area contributed by atoms with Crippen molar-refractivity contribution >= 4 is 19.9 Å². The van der Waals surface area contributed by atoms with E-state index in [1.165, 1.54) is 4.31 Å². The van der Waals surface area contributed by atoms with Crippen LogP contribution in [0.3, 0.4) is 0 Å². The van der Waals surface area contributed by atoms with Gasteiger partial charge in [0.1, 0.15) is 21.4 Å². The van der Waals surface area contributed by atoms with Crippen LogP contribution in [0.1, 0.15) is 31.8 Å². The third-order valence-corrected chi connectivity index (χ3v) is 6.06. The summed E-state index contributed by atoms with van der Waals surface area (Å²) in [5.74, 6) is 0.992. The molecule has 0 N–H and O–H groups in total. The average molecular weight is 337 g/mol. The monoisotopic (exact) mass is 337 g/mol. The summed E-state index contributed by atoms with van der Waals surface area (Å²) in [4.78, 5) is 0. The van der Waals surface area contributed by atoms with Crippen LogP contribution in [0.4, 0.5) is 0 Å². The number of furan rings is 1. The molecule has 0 amide bonds. The van der Waals surface area contributed by atoms with E-state index >= 15 is 0 Å². The predicted octanol–water partition coefficient (Wildman–Crippen LogP) is 1.56. The number of rotatable bonds is 8. The van der Waals surface area contributed by atoms with Crippen LogP contribution < -0.4 is 0 Å². The van der Waals surface area contributed by atoms with E-state index in [9.17, 15) is 16.8 Å². The maximum absolute atomic E-state index is 12.4. The van der Waals surface area contributed by atoms with Gasteiger partial charge in [-0.25, -0.2) is 16.8 Å². The average Bonchev–Trinajstić information content (AvgIpc) is 2.69. The van der Waals surface area contributed by atoms with Crippen LogP contribution >= 0.6 is 0 Å². The number of nitrogens with zero attached hydrogens (tertiary/aromatic N) is 1. The fourth-order valence-corrected chi connectivity index (χ4v) is 4.51. The summed E-state index contributed by atoms with van der Waals surface area (Å²) in [6.07, 6.45) is 1.20. The summed E-state index contributed by atoms with van der Waals surface area (Å²) in [6.45, 7) is 5.52. The predicted molar refractivity (Wildman–Crippen MR) is 82.2 cm³/mol. The maximum Gasteiger partial charge on any atom is 0.214 e. The molecular formula is C13H23NO5S2. The second kappa shape index (κ2) is 6.93. The zero-order chi connectivity index (χ0) is 16.3. The Morgan fingerprint density at radius 3 is 2.19 bits per heavy atom. The van der Waals surface area contributed by atoms with E-state index < -0.39 is 19.9 Å². The van der Waals surface area contributed by atoms with Crippen molar-refractivity contribution in [2.24, 2.45) is 0 Å². The minimum Gasteiger partial charge on any atom is -0.465 e. The molecule has 6 nitrogen and oxygen atoms in total. The van der Waals surface area contributed by atoms with E-state index in [2.05, 4.69) is 0 Å². The minimum atomic E-state index is -3.52. The van der Waals surface area contributed by atoms with Crippen LogP contribution in [-0.2, 0) is 26.4 Å². The molecule has 0 radical (unpaired) electrons. The van der Waals surface area contributed by atoms with Gasteiger partial charge in [-0.05, 0) is 39.3 Å². The first-order chi connectivity index (χ1) is 9.51. The molecule has 0 aliphatic heterocycles. The van der Waals surface area contributed by atoms with Crippen molar-refractivity contribution in [3.05, 3.63) is 23.7 Å². The maximum atomic E-state index is 12.4. The molecule has 122 valence electrons. The van der Waals surface area contributed by atoms with Crippen molar-refractivity contribution in [2.45, 2.75) is 39.8 Å². The van der Waals surface area contributed by atoms with Crippen LogP contribution in [-0.4, -0.2) is 44.9 Å². The highest BCUT2D eigenvalue weighted by Crippen LogP contribution is 2.16. The molecule has 0 fully saturated rings. The first kappa shape index (κ1) is 18.2. The number of sulfonamides is 1. The van der Waals surface area contributed by atoms with Gasteiger partial charge in [0, 0.05) is 12.3 Å². The highest BCUT2D eigenvalue weighted by Gasteiger charge is 2.26. The van der Waals surface area contributed by atoms with Gasteiger partial charge >= 0.3 is 0 Å². The molecule has 0 aromatic carbocycles. The fraction of sp³-hybridized carbons (Fsp3) is 0.692. The van der Waals surface area contributed by atoms with Gasteiger partial charge in [-0.3, -0.25) is 0 Å². The van der Waals surface area contributed by atoms with E-state index in [0.717, 1.165) is 12.0 Å². The summed E-state index contributed by atoms with van der Waals surface area (Å²) >= 11 is 0. The van der Waals surface area contributed by atoms with E-state index in [1.807, 2.05) is 0 Å². The van der Waals surface area contributed by atoms with Gasteiger partial charge in [0.2, 0.25) is 10.0 Å². The zero-order valence-electron chi connectivity index (χ0n) is 12.9. The third kappa shape index (κ3) is 6.19. The van der Waals surface area contributed by atoms with Gasteiger partial charge in [-0.2, -0.15) is 4.31 Å². The first-order valence-electron chi connectivity index (χ1n) is 6.74.